The molecule has 0 spiro atoms. The molecule has 0 unspecified atom stereocenters. The first-order chi connectivity index (χ1) is 11.9. The van der Waals surface area contributed by atoms with E-state index in [4.69, 9.17) is 0 Å². The first kappa shape index (κ1) is 18.6. The Morgan fingerprint density at radius 1 is 1.20 bits per heavy atom. The Bertz CT molecular complexity index is 739. The number of carbonyl (C=O) groups excluding carboxylic acids is 2. The van der Waals surface area contributed by atoms with E-state index < -0.39 is 0 Å². The number of carbonyl (C=O) groups is 2. The smallest absolute Gasteiger partial charge is 0.233 e. The molecule has 7 heteroatoms. The van der Waals surface area contributed by atoms with E-state index in [0.29, 0.717) is 17.4 Å². The summed E-state index contributed by atoms with van der Waals surface area (Å²) in [6.45, 7) is 6.04. The third kappa shape index (κ3) is 5.41. The van der Waals surface area contributed by atoms with Crippen molar-refractivity contribution in [1.29, 1.82) is 0 Å². The topological polar surface area (TPSA) is 88.9 Å². The third-order valence-electron chi connectivity index (χ3n) is 3.84. The van der Waals surface area contributed by atoms with Gasteiger partial charge in [-0.1, -0.05) is 32.0 Å². The zero-order valence-corrected chi connectivity index (χ0v) is 15.1. The van der Waals surface area contributed by atoms with E-state index >= 15 is 0 Å². The number of hydrogen-bond donors (Lipinski definition) is 2. The van der Waals surface area contributed by atoms with E-state index in [1.54, 1.807) is 11.7 Å². The largest absolute Gasteiger partial charge is 0.346 e. The number of anilines is 1. The second-order valence-corrected chi connectivity index (χ2v) is 6.53. The number of benzene rings is 1. The van der Waals surface area contributed by atoms with E-state index in [0.717, 1.165) is 12.0 Å². The highest BCUT2D eigenvalue weighted by Crippen LogP contribution is 2.19. The highest BCUT2D eigenvalue weighted by atomic mass is 16.2. The molecule has 0 bridgehead atoms. The van der Waals surface area contributed by atoms with Crippen molar-refractivity contribution in [3.8, 4) is 0 Å². The molecular weight excluding hydrogens is 318 g/mol. The highest BCUT2D eigenvalue weighted by Gasteiger charge is 2.21. The fraction of sp³-hybridized carbons (Fsp3) is 0.444. The number of hydrogen-bond acceptors (Lipinski definition) is 4. The van der Waals surface area contributed by atoms with Crippen LogP contribution >= 0.6 is 0 Å². The predicted molar refractivity (Wildman–Crippen MR) is 95.8 cm³/mol. The molecule has 0 aliphatic heterocycles. The summed E-state index contributed by atoms with van der Waals surface area (Å²) in [5.41, 5.74) is 1.67. The lowest BCUT2D eigenvalue weighted by molar-refractivity contribution is -0.127. The minimum Gasteiger partial charge on any atom is -0.346 e. The Morgan fingerprint density at radius 2 is 1.92 bits per heavy atom. The molecule has 0 fully saturated rings. The normalized spacial score (nSPS) is 12.0. The number of aromatic nitrogens is 3. The summed E-state index contributed by atoms with van der Waals surface area (Å²) >= 11 is 0. The molecule has 0 aliphatic carbocycles. The fourth-order valence-electron chi connectivity index (χ4n) is 2.62. The minimum atomic E-state index is -0.340. The van der Waals surface area contributed by atoms with Gasteiger partial charge in [0.25, 0.3) is 0 Å². The summed E-state index contributed by atoms with van der Waals surface area (Å²) in [5, 5.41) is 9.72. The Balaban J connectivity index is 1.98. The quantitative estimate of drug-likeness (QED) is 0.755. The summed E-state index contributed by atoms with van der Waals surface area (Å²) in [6, 6.07) is 7.19. The Hall–Kier alpha value is -2.70. The summed E-state index contributed by atoms with van der Waals surface area (Å²) < 4.78 is 1.64. The number of aryl methyl sites for hydroxylation is 2. The van der Waals surface area contributed by atoms with Crippen LogP contribution in [0.3, 0.4) is 0 Å². The Labute approximate surface area is 147 Å². The number of rotatable bonds is 7. The van der Waals surface area contributed by atoms with Crippen molar-refractivity contribution in [2.24, 2.45) is 13.0 Å². The van der Waals surface area contributed by atoms with Crippen LogP contribution in [0, 0.1) is 12.8 Å². The first-order valence-electron chi connectivity index (χ1n) is 8.35. The van der Waals surface area contributed by atoms with Crippen molar-refractivity contribution in [3.05, 3.63) is 42.0 Å². The van der Waals surface area contributed by atoms with Gasteiger partial charge in [-0.05, 0) is 30.9 Å². The van der Waals surface area contributed by atoms with Crippen LogP contribution in [0.1, 0.15) is 44.1 Å². The van der Waals surface area contributed by atoms with E-state index in [2.05, 4.69) is 34.6 Å². The SMILES string of the molecule is Cc1ccccc1NC(=O)CC(=O)N[C@@H](CC(C)C)c1ncnn1C. The molecule has 25 heavy (non-hydrogen) atoms. The fourth-order valence-corrected chi connectivity index (χ4v) is 2.62. The van der Waals surface area contributed by atoms with Crippen molar-refractivity contribution in [2.75, 3.05) is 5.32 Å². The average Bonchev–Trinajstić information content (AvgIpc) is 2.94. The lowest BCUT2D eigenvalue weighted by Gasteiger charge is -2.19. The predicted octanol–water partition coefficient (Wildman–Crippen LogP) is 2.36. The van der Waals surface area contributed by atoms with Gasteiger partial charge >= 0.3 is 0 Å². The van der Waals surface area contributed by atoms with E-state index in [1.807, 2.05) is 31.2 Å². The number of nitrogens with zero attached hydrogens (tertiary/aromatic N) is 3. The molecule has 2 aromatic rings. The maximum atomic E-state index is 12.3. The second-order valence-electron chi connectivity index (χ2n) is 6.53. The van der Waals surface area contributed by atoms with Crippen LogP contribution in [-0.2, 0) is 16.6 Å². The van der Waals surface area contributed by atoms with Crippen LogP contribution in [0.4, 0.5) is 5.69 Å². The summed E-state index contributed by atoms with van der Waals surface area (Å²) in [7, 11) is 1.78. The molecule has 134 valence electrons. The lowest BCUT2D eigenvalue weighted by atomic mass is 10.0. The van der Waals surface area contributed by atoms with Gasteiger partial charge in [0.15, 0.2) is 0 Å². The molecule has 0 aliphatic rings. The van der Waals surface area contributed by atoms with Gasteiger partial charge in [-0.3, -0.25) is 14.3 Å². The van der Waals surface area contributed by atoms with Crippen LogP contribution in [0.5, 0.6) is 0 Å². The van der Waals surface area contributed by atoms with Crippen LogP contribution < -0.4 is 10.6 Å². The van der Waals surface area contributed by atoms with Gasteiger partial charge in [0.05, 0.1) is 6.04 Å². The van der Waals surface area contributed by atoms with Crippen molar-refractivity contribution in [3.63, 3.8) is 0 Å². The molecule has 2 N–H and O–H groups in total. The molecular formula is C18H25N5O2. The standard InChI is InChI=1S/C18H25N5O2/c1-12(2)9-15(18-19-11-20-23(18)4)22-17(25)10-16(24)21-14-8-6-5-7-13(14)3/h5-8,11-12,15H,9-10H2,1-4H3,(H,21,24)(H,22,25)/t15-/m0/s1. The zero-order valence-electron chi connectivity index (χ0n) is 15.1. The van der Waals surface area contributed by atoms with Crippen molar-refractivity contribution in [1.82, 2.24) is 20.1 Å². The van der Waals surface area contributed by atoms with Gasteiger partial charge in [-0.2, -0.15) is 5.10 Å². The molecule has 0 saturated heterocycles. The maximum Gasteiger partial charge on any atom is 0.233 e. The summed E-state index contributed by atoms with van der Waals surface area (Å²) in [4.78, 5) is 28.6. The minimum absolute atomic E-state index is 0.235. The molecule has 7 nitrogen and oxygen atoms in total. The van der Waals surface area contributed by atoms with Crippen LogP contribution in [-0.4, -0.2) is 26.6 Å². The maximum absolute atomic E-state index is 12.3. The van der Waals surface area contributed by atoms with Gasteiger partial charge in [-0.25, -0.2) is 4.98 Å². The molecule has 0 saturated carbocycles. The highest BCUT2D eigenvalue weighted by molar-refractivity contribution is 6.03. The number of nitrogens with one attached hydrogen (secondary N) is 2. The van der Waals surface area contributed by atoms with Gasteiger partial charge in [0, 0.05) is 12.7 Å². The van der Waals surface area contributed by atoms with E-state index in [9.17, 15) is 9.59 Å². The van der Waals surface area contributed by atoms with Crippen molar-refractivity contribution >= 4 is 17.5 Å². The van der Waals surface area contributed by atoms with Gasteiger partial charge in [0.1, 0.15) is 18.6 Å². The van der Waals surface area contributed by atoms with Crippen LogP contribution in [0.25, 0.3) is 0 Å². The first-order valence-corrected chi connectivity index (χ1v) is 8.35. The third-order valence-corrected chi connectivity index (χ3v) is 3.84. The second kappa shape index (κ2) is 8.41. The van der Waals surface area contributed by atoms with E-state index in [-0.39, 0.29) is 24.3 Å². The Morgan fingerprint density at radius 3 is 2.52 bits per heavy atom. The van der Waals surface area contributed by atoms with Crippen LogP contribution in [0.15, 0.2) is 30.6 Å². The number of amides is 2. The molecule has 1 aromatic carbocycles. The molecule has 0 radical (unpaired) electrons. The molecule has 1 aromatic heterocycles. The molecule has 2 rings (SSSR count). The summed E-state index contributed by atoms with van der Waals surface area (Å²) in [6.07, 6.45) is 1.94. The molecule has 2 amide bonds. The lowest BCUT2D eigenvalue weighted by Crippen LogP contribution is -2.33. The van der Waals surface area contributed by atoms with Gasteiger partial charge in [0.2, 0.25) is 11.8 Å². The molecule has 1 heterocycles. The average molecular weight is 343 g/mol. The zero-order chi connectivity index (χ0) is 18.4. The molecule has 1 atom stereocenters. The van der Waals surface area contributed by atoms with E-state index in [1.165, 1.54) is 6.33 Å². The van der Waals surface area contributed by atoms with Gasteiger partial charge in [-0.15, -0.1) is 0 Å². The van der Waals surface area contributed by atoms with Crippen molar-refractivity contribution < 1.29 is 9.59 Å². The summed E-state index contributed by atoms with van der Waals surface area (Å²) in [5.74, 6) is 0.372. The monoisotopic (exact) mass is 343 g/mol. The van der Waals surface area contributed by atoms with Crippen molar-refractivity contribution in [2.45, 2.75) is 39.7 Å². The van der Waals surface area contributed by atoms with Crippen LogP contribution in [0.2, 0.25) is 0 Å². The Kier molecular flexibility index (Phi) is 6.27. The van der Waals surface area contributed by atoms with Gasteiger partial charge < -0.3 is 10.6 Å². The number of para-hydroxylation sites is 1.